The van der Waals surface area contributed by atoms with E-state index in [1.54, 1.807) is 0 Å². The van der Waals surface area contributed by atoms with E-state index < -0.39 is 0 Å². The fraction of sp³-hybridized carbons (Fsp3) is 0.562. The van der Waals surface area contributed by atoms with Crippen LogP contribution in [0.25, 0.3) is 0 Å². The summed E-state index contributed by atoms with van der Waals surface area (Å²) in [5, 5.41) is 6.42. The van der Waals surface area contributed by atoms with Crippen molar-refractivity contribution < 1.29 is 4.79 Å². The van der Waals surface area contributed by atoms with Crippen LogP contribution in [-0.4, -0.2) is 30.0 Å². The molecule has 1 aromatic rings. The van der Waals surface area contributed by atoms with Crippen molar-refractivity contribution in [3.63, 3.8) is 0 Å². The van der Waals surface area contributed by atoms with Gasteiger partial charge in [-0.3, -0.25) is 4.79 Å². The Balaban J connectivity index is 0.00000220. The summed E-state index contributed by atoms with van der Waals surface area (Å²) in [6.07, 6.45) is 5.27. The number of halogens is 1. The van der Waals surface area contributed by atoms with Gasteiger partial charge in [0.1, 0.15) is 0 Å². The Hall–Kier alpha value is -0.870. The molecule has 1 aliphatic rings. The van der Waals surface area contributed by atoms with Gasteiger partial charge in [0.05, 0.1) is 0 Å². The molecule has 118 valence electrons. The molecule has 1 aliphatic heterocycles. The van der Waals surface area contributed by atoms with Crippen molar-refractivity contribution >= 4 is 35.8 Å². The summed E-state index contributed by atoms with van der Waals surface area (Å²) in [5.74, 6) is 0.0417. The highest BCUT2D eigenvalue weighted by Gasteiger charge is 2.25. The van der Waals surface area contributed by atoms with Crippen LogP contribution >= 0.6 is 24.2 Å². The minimum absolute atomic E-state index is 0. The molecule has 0 saturated heterocycles. The van der Waals surface area contributed by atoms with Gasteiger partial charge in [0.2, 0.25) is 0 Å². The minimum atomic E-state index is 0. The molecular weight excluding hydrogens is 304 g/mol. The smallest absolute Gasteiger partial charge is 0.251 e. The lowest BCUT2D eigenvalue weighted by molar-refractivity contribution is 0.0949. The molecule has 1 aromatic carbocycles. The SMILES string of the molecule is CCC(CC)(CNC(=O)c1ccc2c(c1)CCN2)SC.Cl. The fourth-order valence-electron chi connectivity index (χ4n) is 2.65. The van der Waals surface area contributed by atoms with Gasteiger partial charge in [0.25, 0.3) is 5.91 Å². The zero-order valence-electron chi connectivity index (χ0n) is 13.0. The largest absolute Gasteiger partial charge is 0.384 e. The highest BCUT2D eigenvalue weighted by atomic mass is 35.5. The maximum absolute atomic E-state index is 12.3. The summed E-state index contributed by atoms with van der Waals surface area (Å²) in [5.41, 5.74) is 3.19. The average Bonchev–Trinajstić information content (AvgIpc) is 2.96. The van der Waals surface area contributed by atoms with Crippen LogP contribution in [0.1, 0.15) is 42.6 Å². The average molecular weight is 329 g/mol. The maximum Gasteiger partial charge on any atom is 0.251 e. The van der Waals surface area contributed by atoms with Gasteiger partial charge < -0.3 is 10.6 Å². The van der Waals surface area contributed by atoms with Crippen molar-refractivity contribution in [2.24, 2.45) is 0 Å². The first kappa shape index (κ1) is 18.2. The third kappa shape index (κ3) is 4.07. The molecule has 21 heavy (non-hydrogen) atoms. The molecule has 0 aromatic heterocycles. The first-order valence-corrected chi connectivity index (χ1v) is 8.56. The van der Waals surface area contributed by atoms with Gasteiger partial charge in [-0.2, -0.15) is 11.8 Å². The second-order valence-electron chi connectivity index (χ2n) is 5.33. The number of carbonyl (C=O) groups is 1. The van der Waals surface area contributed by atoms with Crippen LogP contribution in [-0.2, 0) is 6.42 Å². The summed E-state index contributed by atoms with van der Waals surface area (Å²) in [6.45, 7) is 6.08. The lowest BCUT2D eigenvalue weighted by Gasteiger charge is -2.29. The van der Waals surface area contributed by atoms with Crippen molar-refractivity contribution in [3.05, 3.63) is 29.3 Å². The van der Waals surface area contributed by atoms with Gasteiger partial charge in [-0.25, -0.2) is 0 Å². The molecule has 2 N–H and O–H groups in total. The van der Waals surface area contributed by atoms with Gasteiger partial charge in [0.15, 0.2) is 0 Å². The first-order valence-electron chi connectivity index (χ1n) is 7.34. The number of benzene rings is 1. The predicted molar refractivity (Wildman–Crippen MR) is 95.0 cm³/mol. The van der Waals surface area contributed by atoms with Crippen LogP contribution in [0.15, 0.2) is 18.2 Å². The normalized spacial score (nSPS) is 13.1. The lowest BCUT2D eigenvalue weighted by atomic mass is 10.0. The summed E-state index contributed by atoms with van der Waals surface area (Å²) in [7, 11) is 0. The van der Waals surface area contributed by atoms with Crippen LogP contribution < -0.4 is 10.6 Å². The third-order valence-corrected chi connectivity index (χ3v) is 5.96. The Bertz CT molecular complexity index is 481. The Kier molecular flexibility index (Phi) is 6.88. The van der Waals surface area contributed by atoms with Crippen molar-refractivity contribution in [1.29, 1.82) is 0 Å². The molecule has 3 nitrogen and oxygen atoms in total. The van der Waals surface area contributed by atoms with Gasteiger partial charge in [-0.1, -0.05) is 13.8 Å². The third-order valence-electron chi connectivity index (χ3n) is 4.37. The zero-order chi connectivity index (χ0) is 14.6. The number of hydrogen-bond acceptors (Lipinski definition) is 3. The van der Waals surface area contributed by atoms with E-state index in [4.69, 9.17) is 0 Å². The molecule has 0 spiro atoms. The summed E-state index contributed by atoms with van der Waals surface area (Å²) >= 11 is 1.85. The highest BCUT2D eigenvalue weighted by Crippen LogP contribution is 2.29. The number of rotatable bonds is 6. The lowest BCUT2D eigenvalue weighted by Crippen LogP contribution is -2.39. The Morgan fingerprint density at radius 2 is 2.10 bits per heavy atom. The van der Waals surface area contributed by atoms with E-state index in [9.17, 15) is 4.79 Å². The number of fused-ring (bicyclic) bond motifs is 1. The summed E-state index contributed by atoms with van der Waals surface area (Å²) in [4.78, 5) is 12.3. The van der Waals surface area contributed by atoms with Crippen molar-refractivity contribution in [3.8, 4) is 0 Å². The molecule has 0 fully saturated rings. The van der Waals surface area contributed by atoms with E-state index in [1.165, 1.54) is 11.3 Å². The predicted octanol–water partition coefficient (Wildman–Crippen LogP) is 3.73. The molecule has 2 rings (SSSR count). The number of nitrogens with one attached hydrogen (secondary N) is 2. The molecule has 0 atom stereocenters. The van der Waals surface area contributed by atoms with Gasteiger partial charge in [-0.15, -0.1) is 12.4 Å². The van der Waals surface area contributed by atoms with E-state index in [0.717, 1.165) is 37.9 Å². The van der Waals surface area contributed by atoms with Crippen LogP contribution in [0.3, 0.4) is 0 Å². The summed E-state index contributed by atoms with van der Waals surface area (Å²) in [6, 6.07) is 5.94. The minimum Gasteiger partial charge on any atom is -0.384 e. The van der Waals surface area contributed by atoms with Crippen LogP contribution in [0.5, 0.6) is 0 Å². The van der Waals surface area contributed by atoms with E-state index in [-0.39, 0.29) is 23.1 Å². The first-order chi connectivity index (χ1) is 9.64. The number of thioether (sulfide) groups is 1. The van der Waals surface area contributed by atoms with E-state index in [2.05, 4.69) is 30.7 Å². The van der Waals surface area contributed by atoms with Gasteiger partial charge in [-0.05, 0) is 49.3 Å². The molecule has 0 aliphatic carbocycles. The number of hydrogen-bond donors (Lipinski definition) is 2. The second-order valence-corrected chi connectivity index (χ2v) is 6.60. The van der Waals surface area contributed by atoms with E-state index >= 15 is 0 Å². The van der Waals surface area contributed by atoms with Crippen LogP contribution in [0, 0.1) is 0 Å². The Morgan fingerprint density at radius 1 is 1.38 bits per heavy atom. The molecule has 0 bridgehead atoms. The molecule has 0 radical (unpaired) electrons. The number of carbonyl (C=O) groups excluding carboxylic acids is 1. The monoisotopic (exact) mass is 328 g/mol. The van der Waals surface area contributed by atoms with Crippen LogP contribution in [0.2, 0.25) is 0 Å². The maximum atomic E-state index is 12.3. The van der Waals surface area contributed by atoms with Crippen molar-refractivity contribution in [2.75, 3.05) is 24.7 Å². The Morgan fingerprint density at radius 3 is 2.71 bits per heavy atom. The molecular formula is C16H25ClN2OS. The van der Waals surface area contributed by atoms with Crippen LogP contribution in [0.4, 0.5) is 5.69 Å². The summed E-state index contributed by atoms with van der Waals surface area (Å²) < 4.78 is 0.161. The molecule has 1 heterocycles. The topological polar surface area (TPSA) is 41.1 Å². The molecule has 0 unspecified atom stereocenters. The van der Waals surface area contributed by atoms with E-state index in [1.807, 2.05) is 30.0 Å². The van der Waals surface area contributed by atoms with Crippen molar-refractivity contribution in [2.45, 2.75) is 37.9 Å². The molecule has 1 amide bonds. The second kappa shape index (κ2) is 7.95. The highest BCUT2D eigenvalue weighted by molar-refractivity contribution is 8.00. The quantitative estimate of drug-likeness (QED) is 0.836. The Labute approximate surface area is 138 Å². The zero-order valence-corrected chi connectivity index (χ0v) is 14.6. The standard InChI is InChI=1S/C16H24N2OS.ClH/c1-4-16(5-2,20-3)11-18-15(19)13-6-7-14-12(10-13)8-9-17-14;/h6-7,10,17H,4-5,8-9,11H2,1-3H3,(H,18,19);1H. The molecule has 5 heteroatoms. The van der Waals surface area contributed by atoms with Gasteiger partial charge in [0, 0.05) is 29.1 Å². The van der Waals surface area contributed by atoms with Gasteiger partial charge >= 0.3 is 0 Å². The number of amides is 1. The number of anilines is 1. The molecule has 0 saturated carbocycles. The fourth-order valence-corrected chi connectivity index (χ4v) is 3.44. The van der Waals surface area contributed by atoms with Crippen molar-refractivity contribution in [1.82, 2.24) is 5.32 Å². The van der Waals surface area contributed by atoms with E-state index in [0.29, 0.717) is 0 Å².